The fraction of sp³-hybridized carbons (Fsp3) is 0.222. The normalized spacial score (nSPS) is 11.1. The van der Waals surface area contributed by atoms with Crippen molar-refractivity contribution in [2.45, 2.75) is 25.8 Å². The summed E-state index contributed by atoms with van der Waals surface area (Å²) in [5.41, 5.74) is 0.928. The standard InChI is InChI=1S/C18H19N7O5S/c1-10-9-11(2)21-17(20-10)22-18(27)24-31(28,29)15-14(16(26)30-4)12(3)23-25(15)13-7-5-6-8-19-13/h5-9H,1-4H3,(H2,20,21,22,24,27). The zero-order valence-electron chi connectivity index (χ0n) is 17.1. The number of amides is 2. The Hall–Kier alpha value is -3.87. The van der Waals surface area contributed by atoms with Crippen LogP contribution in [-0.2, 0) is 14.8 Å². The van der Waals surface area contributed by atoms with Crippen LogP contribution in [0.3, 0.4) is 0 Å². The number of hydrogen-bond donors (Lipinski definition) is 2. The molecule has 2 amide bonds. The van der Waals surface area contributed by atoms with E-state index in [0.29, 0.717) is 11.4 Å². The van der Waals surface area contributed by atoms with Gasteiger partial charge in [-0.2, -0.15) is 13.5 Å². The molecule has 0 saturated carbocycles. The lowest BCUT2D eigenvalue weighted by atomic mass is 10.3. The number of pyridine rings is 1. The minimum atomic E-state index is -4.60. The number of methoxy groups -OCH3 is 1. The van der Waals surface area contributed by atoms with Crippen molar-refractivity contribution in [3.05, 3.63) is 53.1 Å². The summed E-state index contributed by atoms with van der Waals surface area (Å²) in [4.78, 5) is 36.8. The Morgan fingerprint density at radius 2 is 1.77 bits per heavy atom. The summed E-state index contributed by atoms with van der Waals surface area (Å²) in [5, 5.41) is 5.78. The summed E-state index contributed by atoms with van der Waals surface area (Å²) in [5.74, 6) is -0.884. The zero-order chi connectivity index (χ0) is 22.8. The third-order valence-corrected chi connectivity index (χ3v) is 5.30. The predicted molar refractivity (Wildman–Crippen MR) is 108 cm³/mol. The van der Waals surface area contributed by atoms with Gasteiger partial charge in [0.05, 0.1) is 12.8 Å². The quantitative estimate of drug-likeness (QED) is 0.552. The van der Waals surface area contributed by atoms with E-state index in [9.17, 15) is 18.0 Å². The van der Waals surface area contributed by atoms with Crippen LogP contribution in [0.5, 0.6) is 0 Å². The number of carbonyl (C=O) groups is 2. The van der Waals surface area contributed by atoms with Gasteiger partial charge in [0, 0.05) is 17.6 Å². The Labute approximate surface area is 177 Å². The van der Waals surface area contributed by atoms with Gasteiger partial charge in [-0.25, -0.2) is 33.9 Å². The molecule has 0 aliphatic rings. The maximum absolute atomic E-state index is 13.1. The van der Waals surface area contributed by atoms with Crippen LogP contribution >= 0.6 is 0 Å². The van der Waals surface area contributed by atoms with Gasteiger partial charge in [-0.15, -0.1) is 0 Å². The first-order chi connectivity index (χ1) is 14.6. The molecule has 13 heteroatoms. The highest BCUT2D eigenvalue weighted by Gasteiger charge is 2.34. The van der Waals surface area contributed by atoms with Crippen molar-refractivity contribution in [3.8, 4) is 5.82 Å². The maximum atomic E-state index is 13.1. The number of aromatic nitrogens is 5. The fourth-order valence-corrected chi connectivity index (χ4v) is 4.06. The third kappa shape index (κ3) is 4.66. The summed E-state index contributed by atoms with van der Waals surface area (Å²) in [6.07, 6.45) is 1.43. The van der Waals surface area contributed by atoms with Crippen molar-refractivity contribution >= 4 is 28.0 Å². The van der Waals surface area contributed by atoms with E-state index < -0.39 is 27.0 Å². The highest BCUT2D eigenvalue weighted by molar-refractivity contribution is 7.90. The number of ether oxygens (including phenoxy) is 1. The third-order valence-electron chi connectivity index (χ3n) is 3.96. The molecule has 0 unspecified atom stereocenters. The summed E-state index contributed by atoms with van der Waals surface area (Å²) in [6.45, 7) is 4.84. The van der Waals surface area contributed by atoms with Crippen LogP contribution in [0, 0.1) is 20.8 Å². The van der Waals surface area contributed by atoms with Gasteiger partial charge >= 0.3 is 12.0 Å². The minimum absolute atomic E-state index is 0.0761. The number of rotatable bonds is 5. The number of urea groups is 1. The molecule has 0 spiro atoms. The predicted octanol–water partition coefficient (Wildman–Crippen LogP) is 1.28. The maximum Gasteiger partial charge on any atom is 0.342 e. The van der Waals surface area contributed by atoms with E-state index in [1.54, 1.807) is 32.0 Å². The minimum Gasteiger partial charge on any atom is -0.465 e. The lowest BCUT2D eigenvalue weighted by Crippen LogP contribution is -2.36. The number of nitrogens with zero attached hydrogens (tertiary/aromatic N) is 5. The van der Waals surface area contributed by atoms with Crippen molar-refractivity contribution < 1.29 is 22.7 Å². The van der Waals surface area contributed by atoms with Crippen LogP contribution in [0.15, 0.2) is 35.5 Å². The average molecular weight is 445 g/mol. The molecule has 0 aliphatic carbocycles. The number of carbonyl (C=O) groups excluding carboxylic acids is 2. The van der Waals surface area contributed by atoms with E-state index in [4.69, 9.17) is 4.74 Å². The molecule has 31 heavy (non-hydrogen) atoms. The highest BCUT2D eigenvalue weighted by atomic mass is 32.2. The molecule has 3 aromatic heterocycles. The van der Waals surface area contributed by atoms with Gasteiger partial charge in [-0.05, 0) is 39.0 Å². The van der Waals surface area contributed by atoms with Gasteiger partial charge in [0.2, 0.25) is 5.95 Å². The Morgan fingerprint density at radius 3 is 2.35 bits per heavy atom. The largest absolute Gasteiger partial charge is 0.465 e. The van der Waals surface area contributed by atoms with Crippen LogP contribution in [0.1, 0.15) is 27.4 Å². The zero-order valence-corrected chi connectivity index (χ0v) is 17.9. The molecular formula is C18H19N7O5S. The Bertz CT molecular complexity index is 1240. The summed E-state index contributed by atoms with van der Waals surface area (Å²) in [7, 11) is -3.50. The van der Waals surface area contributed by atoms with E-state index in [1.807, 2.05) is 4.72 Å². The van der Waals surface area contributed by atoms with Gasteiger partial charge in [0.25, 0.3) is 10.0 Å². The topological polar surface area (TPSA) is 158 Å². The number of hydrogen-bond acceptors (Lipinski definition) is 9. The van der Waals surface area contributed by atoms with E-state index in [0.717, 1.165) is 11.8 Å². The molecule has 0 saturated heterocycles. The molecule has 3 aromatic rings. The van der Waals surface area contributed by atoms with Crippen LogP contribution in [0.4, 0.5) is 10.7 Å². The molecule has 0 fully saturated rings. The van der Waals surface area contributed by atoms with E-state index in [2.05, 4.69) is 25.4 Å². The van der Waals surface area contributed by atoms with Crippen molar-refractivity contribution in [1.82, 2.24) is 29.5 Å². The number of nitrogens with one attached hydrogen (secondary N) is 2. The monoisotopic (exact) mass is 445 g/mol. The molecule has 3 rings (SSSR count). The first-order valence-electron chi connectivity index (χ1n) is 8.88. The van der Waals surface area contributed by atoms with Crippen LogP contribution < -0.4 is 10.0 Å². The molecule has 2 N–H and O–H groups in total. The van der Waals surface area contributed by atoms with Gasteiger partial charge in [0.1, 0.15) is 5.56 Å². The van der Waals surface area contributed by atoms with Crippen LogP contribution in [-0.4, -0.2) is 52.3 Å². The van der Waals surface area contributed by atoms with Gasteiger partial charge < -0.3 is 4.74 Å². The Kier molecular flexibility index (Phi) is 5.97. The molecule has 0 radical (unpaired) electrons. The number of esters is 1. The second-order valence-electron chi connectivity index (χ2n) is 6.39. The molecule has 162 valence electrons. The Balaban J connectivity index is 2.03. The highest BCUT2D eigenvalue weighted by Crippen LogP contribution is 2.23. The van der Waals surface area contributed by atoms with E-state index in [1.165, 1.54) is 19.2 Å². The van der Waals surface area contributed by atoms with Gasteiger partial charge in [0.15, 0.2) is 10.8 Å². The van der Waals surface area contributed by atoms with Crippen molar-refractivity contribution in [3.63, 3.8) is 0 Å². The molecule has 3 heterocycles. The van der Waals surface area contributed by atoms with Crippen LogP contribution in [0.2, 0.25) is 0 Å². The van der Waals surface area contributed by atoms with Crippen LogP contribution in [0.25, 0.3) is 5.82 Å². The summed E-state index contributed by atoms with van der Waals surface area (Å²) >= 11 is 0. The molecule has 0 bridgehead atoms. The van der Waals surface area contributed by atoms with Crippen molar-refractivity contribution in [1.29, 1.82) is 0 Å². The Morgan fingerprint density at radius 1 is 1.10 bits per heavy atom. The number of sulfonamides is 1. The molecule has 0 aliphatic heterocycles. The van der Waals surface area contributed by atoms with E-state index in [-0.39, 0.29) is 23.0 Å². The first kappa shape index (κ1) is 21.8. The molecule has 12 nitrogen and oxygen atoms in total. The van der Waals surface area contributed by atoms with E-state index >= 15 is 0 Å². The second-order valence-corrected chi connectivity index (χ2v) is 7.99. The van der Waals surface area contributed by atoms with Gasteiger partial charge in [-0.3, -0.25) is 5.32 Å². The number of aryl methyl sites for hydroxylation is 3. The van der Waals surface area contributed by atoms with Gasteiger partial charge in [-0.1, -0.05) is 6.07 Å². The molecule has 0 aromatic carbocycles. The fourth-order valence-electron chi connectivity index (χ4n) is 2.80. The first-order valence-corrected chi connectivity index (χ1v) is 10.4. The summed E-state index contributed by atoms with van der Waals surface area (Å²) < 4.78 is 33.7. The molecular weight excluding hydrogens is 426 g/mol. The lowest BCUT2D eigenvalue weighted by molar-refractivity contribution is 0.0595. The number of anilines is 1. The average Bonchev–Trinajstić information content (AvgIpc) is 3.05. The van der Waals surface area contributed by atoms with Crippen molar-refractivity contribution in [2.24, 2.45) is 0 Å². The van der Waals surface area contributed by atoms with Crippen molar-refractivity contribution in [2.75, 3.05) is 12.4 Å². The molecule has 0 atom stereocenters. The summed E-state index contributed by atoms with van der Waals surface area (Å²) in [6, 6.07) is 5.31. The lowest BCUT2D eigenvalue weighted by Gasteiger charge is -2.11. The second kappa shape index (κ2) is 8.47. The smallest absolute Gasteiger partial charge is 0.342 e. The SMILES string of the molecule is COC(=O)c1c(C)nn(-c2ccccn2)c1S(=O)(=O)NC(=O)Nc1nc(C)cc(C)n1.